The van der Waals surface area contributed by atoms with Gasteiger partial charge in [-0.05, 0) is 38.5 Å². The summed E-state index contributed by atoms with van der Waals surface area (Å²) in [6, 6.07) is 0.142. The Morgan fingerprint density at radius 3 is 2.61 bits per heavy atom. The number of amides is 1. The summed E-state index contributed by atoms with van der Waals surface area (Å²) in [5.74, 6) is -0.430. The molecule has 1 atom stereocenters. The van der Waals surface area contributed by atoms with Crippen molar-refractivity contribution in [3.05, 3.63) is 12.2 Å². The molecule has 100 valence electrons. The quantitative estimate of drug-likeness (QED) is 0.779. The van der Waals surface area contributed by atoms with Crippen molar-refractivity contribution in [2.75, 3.05) is 6.54 Å². The van der Waals surface area contributed by atoms with Gasteiger partial charge in [-0.15, -0.1) is 0 Å². The van der Waals surface area contributed by atoms with E-state index in [2.05, 4.69) is 12.2 Å². The van der Waals surface area contributed by atoms with Crippen molar-refractivity contribution in [3.63, 3.8) is 0 Å². The summed E-state index contributed by atoms with van der Waals surface area (Å²) in [6.07, 6.45) is 9.71. The molecule has 0 aromatic rings. The molecule has 0 unspecified atom stereocenters. The molecule has 2 rings (SSSR count). The van der Waals surface area contributed by atoms with Crippen LogP contribution in [0.25, 0.3) is 0 Å². The van der Waals surface area contributed by atoms with Gasteiger partial charge in [0, 0.05) is 24.9 Å². The molecular weight excluding hydrogens is 230 g/mol. The van der Waals surface area contributed by atoms with E-state index < -0.39 is 5.97 Å². The monoisotopic (exact) mass is 251 g/mol. The van der Waals surface area contributed by atoms with E-state index in [1.54, 1.807) is 0 Å². The molecule has 0 aromatic heterocycles. The van der Waals surface area contributed by atoms with Crippen molar-refractivity contribution in [3.8, 4) is 0 Å². The number of likely N-dealkylation sites (tertiary alicyclic amines) is 1. The second-order valence-electron chi connectivity index (χ2n) is 5.25. The molecule has 4 nitrogen and oxygen atoms in total. The molecule has 2 aliphatic rings. The van der Waals surface area contributed by atoms with Crippen molar-refractivity contribution in [2.24, 2.45) is 5.92 Å². The van der Waals surface area contributed by atoms with Crippen molar-refractivity contribution in [2.45, 2.75) is 51.0 Å². The molecular formula is C14H21NO3. The lowest BCUT2D eigenvalue weighted by Crippen LogP contribution is -2.46. The number of hydrogen-bond donors (Lipinski definition) is 1. The highest BCUT2D eigenvalue weighted by Gasteiger charge is 2.31. The summed E-state index contributed by atoms with van der Waals surface area (Å²) >= 11 is 0. The van der Waals surface area contributed by atoms with E-state index in [0.29, 0.717) is 6.42 Å². The molecule has 1 aliphatic carbocycles. The summed E-state index contributed by atoms with van der Waals surface area (Å²) in [4.78, 5) is 25.0. The van der Waals surface area contributed by atoms with E-state index in [1.165, 1.54) is 0 Å². The van der Waals surface area contributed by atoms with Crippen LogP contribution >= 0.6 is 0 Å². The molecule has 18 heavy (non-hydrogen) atoms. The van der Waals surface area contributed by atoms with Crippen LogP contribution < -0.4 is 0 Å². The number of carbonyl (C=O) groups excluding carboxylic acids is 1. The van der Waals surface area contributed by atoms with Crippen LogP contribution in [0.5, 0.6) is 0 Å². The zero-order chi connectivity index (χ0) is 13.0. The molecule has 0 radical (unpaired) electrons. The Hall–Kier alpha value is -1.32. The van der Waals surface area contributed by atoms with Crippen molar-refractivity contribution >= 4 is 11.9 Å². The van der Waals surface area contributed by atoms with Crippen molar-refractivity contribution < 1.29 is 14.7 Å². The molecule has 0 spiro atoms. The normalized spacial score (nSPS) is 24.4. The van der Waals surface area contributed by atoms with Crippen LogP contribution in [-0.4, -0.2) is 34.5 Å². The third kappa shape index (κ3) is 3.12. The predicted octanol–water partition coefficient (Wildman–Crippen LogP) is 2.20. The molecule has 1 heterocycles. The minimum atomic E-state index is -0.768. The number of aliphatic carboxylic acids is 1. The van der Waals surface area contributed by atoms with E-state index in [9.17, 15) is 9.59 Å². The summed E-state index contributed by atoms with van der Waals surface area (Å²) in [6.45, 7) is 0.805. The van der Waals surface area contributed by atoms with Gasteiger partial charge in [0.1, 0.15) is 0 Å². The van der Waals surface area contributed by atoms with Crippen LogP contribution in [0.15, 0.2) is 12.2 Å². The van der Waals surface area contributed by atoms with Gasteiger partial charge in [0.25, 0.3) is 0 Å². The topological polar surface area (TPSA) is 57.6 Å². The smallest absolute Gasteiger partial charge is 0.303 e. The zero-order valence-electron chi connectivity index (χ0n) is 10.7. The summed E-state index contributed by atoms with van der Waals surface area (Å²) in [7, 11) is 0. The Kier molecular flexibility index (Phi) is 4.39. The van der Waals surface area contributed by atoms with E-state index in [4.69, 9.17) is 5.11 Å². The first-order valence-electron chi connectivity index (χ1n) is 6.85. The van der Waals surface area contributed by atoms with Crippen LogP contribution in [0.4, 0.5) is 0 Å². The number of nitrogens with zero attached hydrogens (tertiary/aromatic N) is 1. The largest absolute Gasteiger partial charge is 0.481 e. The summed E-state index contributed by atoms with van der Waals surface area (Å²) < 4.78 is 0. The Balaban J connectivity index is 1.93. The van der Waals surface area contributed by atoms with Gasteiger partial charge >= 0.3 is 5.97 Å². The second-order valence-corrected chi connectivity index (χ2v) is 5.25. The van der Waals surface area contributed by atoms with Crippen LogP contribution in [-0.2, 0) is 9.59 Å². The summed E-state index contributed by atoms with van der Waals surface area (Å²) in [5, 5.41) is 8.77. The molecule has 0 saturated carbocycles. The highest BCUT2D eigenvalue weighted by Crippen LogP contribution is 2.27. The van der Waals surface area contributed by atoms with Gasteiger partial charge in [-0.25, -0.2) is 0 Å². The molecule has 1 amide bonds. The number of allylic oxidation sites excluding steroid dienone is 2. The Labute approximate surface area is 108 Å². The SMILES string of the molecule is O=C(O)CC[C@@H]1CCCCN1C(=O)C1CC=CC1. The van der Waals surface area contributed by atoms with Crippen molar-refractivity contribution in [1.82, 2.24) is 4.90 Å². The van der Waals surface area contributed by atoms with Crippen LogP contribution in [0.2, 0.25) is 0 Å². The minimum Gasteiger partial charge on any atom is -0.481 e. The molecule has 4 heteroatoms. The molecule has 0 bridgehead atoms. The Morgan fingerprint density at radius 1 is 1.22 bits per heavy atom. The minimum absolute atomic E-state index is 0.107. The van der Waals surface area contributed by atoms with Crippen LogP contribution in [0, 0.1) is 5.92 Å². The number of hydrogen-bond acceptors (Lipinski definition) is 2. The third-order valence-corrected chi connectivity index (χ3v) is 3.96. The Bertz CT molecular complexity index is 343. The van der Waals surface area contributed by atoms with Gasteiger partial charge in [0.05, 0.1) is 0 Å². The molecule has 1 N–H and O–H groups in total. The lowest BCUT2D eigenvalue weighted by atomic mass is 9.95. The number of carboxylic acid groups (broad SMARTS) is 1. The lowest BCUT2D eigenvalue weighted by molar-refractivity contribution is -0.142. The average Bonchev–Trinajstić information content (AvgIpc) is 2.89. The fraction of sp³-hybridized carbons (Fsp3) is 0.714. The summed E-state index contributed by atoms with van der Waals surface area (Å²) in [5.41, 5.74) is 0. The maximum Gasteiger partial charge on any atom is 0.303 e. The first-order chi connectivity index (χ1) is 8.68. The average molecular weight is 251 g/mol. The predicted molar refractivity (Wildman–Crippen MR) is 68.1 cm³/mol. The second kappa shape index (κ2) is 6.03. The highest BCUT2D eigenvalue weighted by molar-refractivity contribution is 5.80. The maximum atomic E-state index is 12.4. The molecule has 1 aliphatic heterocycles. The number of rotatable bonds is 4. The zero-order valence-corrected chi connectivity index (χ0v) is 10.7. The van der Waals surface area contributed by atoms with Gasteiger partial charge in [-0.3, -0.25) is 9.59 Å². The fourth-order valence-corrected chi connectivity index (χ4v) is 2.93. The van der Waals surface area contributed by atoms with Gasteiger partial charge in [0.2, 0.25) is 5.91 Å². The van der Waals surface area contributed by atoms with Crippen LogP contribution in [0.1, 0.15) is 44.9 Å². The molecule has 0 aromatic carbocycles. The number of carbonyl (C=O) groups is 2. The Morgan fingerprint density at radius 2 is 1.94 bits per heavy atom. The molecule has 1 fully saturated rings. The van der Waals surface area contributed by atoms with E-state index in [0.717, 1.165) is 38.6 Å². The van der Waals surface area contributed by atoms with Crippen LogP contribution in [0.3, 0.4) is 0 Å². The van der Waals surface area contributed by atoms with Crippen molar-refractivity contribution in [1.29, 1.82) is 0 Å². The maximum absolute atomic E-state index is 12.4. The van der Waals surface area contributed by atoms with E-state index in [-0.39, 0.29) is 24.3 Å². The first-order valence-corrected chi connectivity index (χ1v) is 6.85. The van der Waals surface area contributed by atoms with Gasteiger partial charge < -0.3 is 10.0 Å². The number of carboxylic acids is 1. The van der Waals surface area contributed by atoms with Gasteiger partial charge in [-0.1, -0.05) is 12.2 Å². The van der Waals surface area contributed by atoms with E-state index >= 15 is 0 Å². The number of piperidine rings is 1. The lowest BCUT2D eigenvalue weighted by Gasteiger charge is -2.37. The third-order valence-electron chi connectivity index (χ3n) is 3.96. The first kappa shape index (κ1) is 13.1. The molecule has 1 saturated heterocycles. The highest BCUT2D eigenvalue weighted by atomic mass is 16.4. The van der Waals surface area contributed by atoms with Gasteiger partial charge in [-0.2, -0.15) is 0 Å². The standard InChI is InChI=1S/C14H21NO3/c16-13(17)9-8-12-7-3-4-10-15(12)14(18)11-5-1-2-6-11/h1-2,11-12H,3-10H2,(H,16,17)/t12-/m0/s1. The fourth-order valence-electron chi connectivity index (χ4n) is 2.93. The van der Waals surface area contributed by atoms with Gasteiger partial charge in [0.15, 0.2) is 0 Å². The van der Waals surface area contributed by atoms with E-state index in [1.807, 2.05) is 4.90 Å².